The third-order valence-electron chi connectivity index (χ3n) is 1.68. The molecule has 0 amide bonds. The van der Waals surface area contributed by atoms with Crippen molar-refractivity contribution in [3.8, 4) is 0 Å². The Labute approximate surface area is 64.6 Å². The van der Waals surface area contributed by atoms with Crippen LogP contribution in [0.3, 0.4) is 0 Å². The van der Waals surface area contributed by atoms with Gasteiger partial charge in [0.15, 0.2) is 0 Å². The van der Waals surface area contributed by atoms with Gasteiger partial charge in [0, 0.05) is 5.02 Å². The third kappa shape index (κ3) is 0.917. The lowest BCUT2D eigenvalue weighted by Crippen LogP contribution is -1.79. The fourth-order valence-electron chi connectivity index (χ4n) is 1.14. The predicted molar refractivity (Wildman–Crippen MR) is 39.9 cm³/mol. The summed E-state index contributed by atoms with van der Waals surface area (Å²) in [6.07, 6.45) is 0. The first kappa shape index (κ1) is 6.20. The fraction of sp³-hybridized carbons (Fsp3) is 0.250. The fourth-order valence-corrected chi connectivity index (χ4v) is 1.34. The molecule has 0 spiro atoms. The molecule has 0 saturated carbocycles. The van der Waals surface area contributed by atoms with E-state index < -0.39 is 0 Å². The van der Waals surface area contributed by atoms with Crippen LogP contribution in [-0.2, 0) is 18.0 Å². The first-order valence-electron chi connectivity index (χ1n) is 3.21. The quantitative estimate of drug-likeness (QED) is 0.558. The highest BCUT2D eigenvalue weighted by atomic mass is 35.5. The minimum atomic E-state index is 0.718. The Morgan fingerprint density at radius 2 is 2.00 bits per heavy atom. The van der Waals surface area contributed by atoms with E-state index in [9.17, 15) is 0 Å². The molecule has 1 aliphatic rings. The average Bonchev–Trinajstić information content (AvgIpc) is 2.33. The van der Waals surface area contributed by atoms with Crippen LogP contribution in [0.5, 0.6) is 0 Å². The summed E-state index contributed by atoms with van der Waals surface area (Å²) in [5.74, 6) is 0. The maximum absolute atomic E-state index is 5.77. The second kappa shape index (κ2) is 2.26. The molecule has 0 radical (unpaired) electrons. The van der Waals surface area contributed by atoms with Gasteiger partial charge in [-0.15, -0.1) is 0 Å². The summed E-state index contributed by atoms with van der Waals surface area (Å²) in [5, 5.41) is 0.796. The minimum Gasteiger partial charge on any atom is -0.372 e. The van der Waals surface area contributed by atoms with E-state index in [1.165, 1.54) is 11.1 Å². The van der Waals surface area contributed by atoms with Crippen molar-refractivity contribution in [2.24, 2.45) is 0 Å². The van der Waals surface area contributed by atoms with E-state index in [0.717, 1.165) is 18.2 Å². The number of halogens is 1. The number of rotatable bonds is 0. The van der Waals surface area contributed by atoms with Gasteiger partial charge in [0.05, 0.1) is 13.2 Å². The molecule has 0 fully saturated rings. The van der Waals surface area contributed by atoms with E-state index in [1.807, 2.05) is 18.2 Å². The lowest BCUT2D eigenvalue weighted by Gasteiger charge is -1.94. The van der Waals surface area contributed by atoms with Gasteiger partial charge in [0.25, 0.3) is 0 Å². The second-order valence-corrected chi connectivity index (χ2v) is 2.84. The van der Waals surface area contributed by atoms with Crippen LogP contribution >= 0.6 is 11.6 Å². The van der Waals surface area contributed by atoms with Gasteiger partial charge in [0.1, 0.15) is 0 Å². The molecule has 1 aliphatic heterocycles. The van der Waals surface area contributed by atoms with E-state index in [4.69, 9.17) is 16.3 Å². The van der Waals surface area contributed by atoms with Crippen LogP contribution in [-0.4, -0.2) is 0 Å². The predicted octanol–water partition coefficient (Wildman–Crippen LogP) is 2.37. The average molecular weight is 155 g/mol. The van der Waals surface area contributed by atoms with Crippen molar-refractivity contribution < 1.29 is 4.74 Å². The summed E-state index contributed by atoms with van der Waals surface area (Å²) >= 11 is 5.77. The van der Waals surface area contributed by atoms with E-state index in [-0.39, 0.29) is 0 Å². The summed E-state index contributed by atoms with van der Waals surface area (Å²) in [6, 6.07) is 5.88. The Kier molecular flexibility index (Phi) is 1.40. The molecule has 0 aliphatic carbocycles. The molecule has 0 bridgehead atoms. The summed E-state index contributed by atoms with van der Waals surface area (Å²) in [4.78, 5) is 0. The molecule has 1 aromatic rings. The number of hydrogen-bond acceptors (Lipinski definition) is 1. The zero-order chi connectivity index (χ0) is 6.97. The lowest BCUT2D eigenvalue weighted by molar-refractivity contribution is 0.134. The highest BCUT2D eigenvalue weighted by Gasteiger charge is 2.09. The van der Waals surface area contributed by atoms with Crippen molar-refractivity contribution in [2.45, 2.75) is 13.2 Å². The summed E-state index contributed by atoms with van der Waals surface area (Å²) in [5.41, 5.74) is 2.50. The first-order valence-corrected chi connectivity index (χ1v) is 3.59. The second-order valence-electron chi connectivity index (χ2n) is 2.41. The van der Waals surface area contributed by atoms with Gasteiger partial charge >= 0.3 is 0 Å². The molecule has 0 N–H and O–H groups in total. The molecule has 10 heavy (non-hydrogen) atoms. The molecule has 0 aromatic heterocycles. The zero-order valence-corrected chi connectivity index (χ0v) is 6.19. The van der Waals surface area contributed by atoms with Crippen LogP contribution in [0.2, 0.25) is 5.02 Å². The molecule has 1 heterocycles. The van der Waals surface area contributed by atoms with Gasteiger partial charge in [-0.3, -0.25) is 0 Å². The molecule has 2 rings (SSSR count). The Balaban J connectivity index is 2.52. The minimum absolute atomic E-state index is 0.718. The van der Waals surface area contributed by atoms with Crippen LogP contribution in [0.25, 0.3) is 0 Å². The van der Waals surface area contributed by atoms with E-state index in [2.05, 4.69) is 0 Å². The van der Waals surface area contributed by atoms with Crippen molar-refractivity contribution in [3.63, 3.8) is 0 Å². The van der Waals surface area contributed by atoms with Crippen LogP contribution in [0.1, 0.15) is 11.1 Å². The van der Waals surface area contributed by atoms with Crippen molar-refractivity contribution in [3.05, 3.63) is 34.3 Å². The maximum atomic E-state index is 5.77. The normalized spacial score (nSPS) is 15.3. The SMILES string of the molecule is Clc1ccc2c(c1)COC2. The van der Waals surface area contributed by atoms with E-state index in [1.54, 1.807) is 0 Å². The molecular formula is C8H7ClO. The number of benzene rings is 1. The van der Waals surface area contributed by atoms with Crippen LogP contribution in [0.15, 0.2) is 18.2 Å². The van der Waals surface area contributed by atoms with Gasteiger partial charge in [0.2, 0.25) is 0 Å². The number of fused-ring (bicyclic) bond motifs is 1. The Bertz CT molecular complexity index is 257. The van der Waals surface area contributed by atoms with Crippen LogP contribution in [0, 0.1) is 0 Å². The molecule has 2 heteroatoms. The Morgan fingerprint density at radius 1 is 1.20 bits per heavy atom. The summed E-state index contributed by atoms with van der Waals surface area (Å²) < 4.78 is 5.21. The largest absolute Gasteiger partial charge is 0.372 e. The standard InChI is InChI=1S/C8H7ClO/c9-8-2-1-6-4-10-5-7(6)3-8/h1-3H,4-5H2. The highest BCUT2D eigenvalue weighted by Crippen LogP contribution is 2.22. The number of hydrogen-bond donors (Lipinski definition) is 0. The molecular weight excluding hydrogens is 148 g/mol. The molecule has 1 aromatic carbocycles. The smallest absolute Gasteiger partial charge is 0.0725 e. The highest BCUT2D eigenvalue weighted by molar-refractivity contribution is 6.30. The van der Waals surface area contributed by atoms with E-state index >= 15 is 0 Å². The van der Waals surface area contributed by atoms with E-state index in [0.29, 0.717) is 0 Å². The van der Waals surface area contributed by atoms with Crippen molar-refractivity contribution >= 4 is 11.6 Å². The lowest BCUT2D eigenvalue weighted by atomic mass is 10.1. The van der Waals surface area contributed by atoms with Crippen molar-refractivity contribution in [1.82, 2.24) is 0 Å². The molecule has 0 atom stereocenters. The van der Waals surface area contributed by atoms with Crippen LogP contribution in [0.4, 0.5) is 0 Å². The molecule has 0 saturated heterocycles. The van der Waals surface area contributed by atoms with Gasteiger partial charge < -0.3 is 4.74 Å². The molecule has 52 valence electrons. The van der Waals surface area contributed by atoms with Gasteiger partial charge in [-0.05, 0) is 23.3 Å². The van der Waals surface area contributed by atoms with Gasteiger partial charge in [-0.2, -0.15) is 0 Å². The summed E-state index contributed by atoms with van der Waals surface area (Å²) in [7, 11) is 0. The Hall–Kier alpha value is -0.530. The van der Waals surface area contributed by atoms with Gasteiger partial charge in [-0.1, -0.05) is 17.7 Å². The van der Waals surface area contributed by atoms with Crippen molar-refractivity contribution in [1.29, 1.82) is 0 Å². The van der Waals surface area contributed by atoms with Crippen LogP contribution < -0.4 is 0 Å². The van der Waals surface area contributed by atoms with Gasteiger partial charge in [-0.25, -0.2) is 0 Å². The first-order chi connectivity index (χ1) is 4.86. The van der Waals surface area contributed by atoms with Crippen molar-refractivity contribution in [2.75, 3.05) is 0 Å². The Morgan fingerprint density at radius 3 is 2.90 bits per heavy atom. The third-order valence-corrected chi connectivity index (χ3v) is 1.92. The molecule has 1 nitrogen and oxygen atoms in total. The monoisotopic (exact) mass is 154 g/mol. The maximum Gasteiger partial charge on any atom is 0.0725 e. The molecule has 0 unspecified atom stereocenters. The zero-order valence-electron chi connectivity index (χ0n) is 5.43. The topological polar surface area (TPSA) is 9.23 Å². The number of ether oxygens (including phenoxy) is 1. The summed E-state index contributed by atoms with van der Waals surface area (Å²) in [6.45, 7) is 1.46.